The zero-order valence-electron chi connectivity index (χ0n) is 11.8. The number of carbonyl (C=O) groups excluding carboxylic acids is 1. The van der Waals surface area contributed by atoms with Crippen LogP contribution in [0.4, 0.5) is 4.39 Å². The highest BCUT2D eigenvalue weighted by Gasteiger charge is 2.19. The summed E-state index contributed by atoms with van der Waals surface area (Å²) in [7, 11) is 1.54. The van der Waals surface area contributed by atoms with Crippen LogP contribution in [0.25, 0.3) is 0 Å². The Labute approximate surface area is 117 Å². The van der Waals surface area contributed by atoms with Crippen molar-refractivity contribution in [3.63, 3.8) is 0 Å². The minimum atomic E-state index is -0.618. The fourth-order valence-corrected chi connectivity index (χ4v) is 1.38. The van der Waals surface area contributed by atoms with Crippen molar-refractivity contribution in [3.05, 3.63) is 35.1 Å². The van der Waals surface area contributed by atoms with Crippen LogP contribution in [0.5, 0.6) is 0 Å². The summed E-state index contributed by atoms with van der Waals surface area (Å²) in [5.74, 6) is 3.93. The highest BCUT2D eigenvalue weighted by atomic mass is 19.1. The number of amides is 1. The Morgan fingerprint density at radius 3 is 2.80 bits per heavy atom. The van der Waals surface area contributed by atoms with Crippen molar-refractivity contribution in [2.45, 2.75) is 19.4 Å². The minimum Gasteiger partial charge on any atom is -0.384 e. The fraction of sp³-hybridized carbons (Fsp3) is 0.400. The molecule has 0 bridgehead atoms. The maximum atomic E-state index is 13.7. The molecule has 0 atom stereocenters. The third kappa shape index (κ3) is 4.65. The van der Waals surface area contributed by atoms with Crippen molar-refractivity contribution in [3.8, 4) is 11.8 Å². The molecule has 0 aliphatic carbocycles. The molecule has 0 aliphatic rings. The summed E-state index contributed by atoms with van der Waals surface area (Å²) in [5, 5.41) is 11.2. The van der Waals surface area contributed by atoms with Gasteiger partial charge in [0.25, 0.3) is 5.91 Å². The van der Waals surface area contributed by atoms with Crippen LogP contribution in [0, 0.1) is 17.7 Å². The lowest BCUT2D eigenvalue weighted by Crippen LogP contribution is -2.40. The zero-order chi connectivity index (χ0) is 15.2. The molecule has 0 saturated heterocycles. The van der Waals surface area contributed by atoms with Crippen LogP contribution in [-0.2, 0) is 4.74 Å². The summed E-state index contributed by atoms with van der Waals surface area (Å²) in [6.45, 7) is 3.59. The van der Waals surface area contributed by atoms with E-state index in [-0.39, 0.29) is 18.7 Å². The van der Waals surface area contributed by atoms with Crippen LogP contribution >= 0.6 is 0 Å². The average Bonchev–Trinajstić information content (AvgIpc) is 2.44. The molecule has 0 spiro atoms. The Balaban J connectivity index is 2.87. The third-order valence-electron chi connectivity index (χ3n) is 2.75. The number of aliphatic hydroxyl groups is 1. The molecule has 5 heteroatoms. The quantitative estimate of drug-likeness (QED) is 0.817. The van der Waals surface area contributed by atoms with E-state index < -0.39 is 17.3 Å². The summed E-state index contributed by atoms with van der Waals surface area (Å²) < 4.78 is 18.8. The predicted octanol–water partition coefficient (Wildman–Crippen LogP) is 1.32. The minimum absolute atomic E-state index is 0.0818. The number of halogens is 1. The second kappa shape index (κ2) is 7.04. The lowest BCUT2D eigenvalue weighted by Gasteiger charge is -2.23. The van der Waals surface area contributed by atoms with E-state index in [9.17, 15) is 9.18 Å². The van der Waals surface area contributed by atoms with Crippen molar-refractivity contribution in [2.75, 3.05) is 20.3 Å². The lowest BCUT2D eigenvalue weighted by atomic mass is 10.1. The molecule has 0 fully saturated rings. The molecule has 0 saturated carbocycles. The topological polar surface area (TPSA) is 58.6 Å². The molecular weight excluding hydrogens is 261 g/mol. The molecule has 0 radical (unpaired) electrons. The Kier molecular flexibility index (Phi) is 5.68. The van der Waals surface area contributed by atoms with Crippen LogP contribution in [0.1, 0.15) is 29.8 Å². The first-order chi connectivity index (χ1) is 9.39. The van der Waals surface area contributed by atoms with E-state index in [1.165, 1.54) is 25.3 Å². The number of methoxy groups -OCH3 is 1. The Hall–Kier alpha value is -1.90. The van der Waals surface area contributed by atoms with Gasteiger partial charge in [0, 0.05) is 19.2 Å². The first kappa shape index (κ1) is 16.2. The third-order valence-corrected chi connectivity index (χ3v) is 2.75. The van der Waals surface area contributed by atoms with Gasteiger partial charge in [-0.1, -0.05) is 11.8 Å². The maximum absolute atomic E-state index is 13.7. The van der Waals surface area contributed by atoms with Gasteiger partial charge in [0.05, 0.1) is 11.2 Å². The van der Waals surface area contributed by atoms with E-state index in [2.05, 4.69) is 17.2 Å². The van der Waals surface area contributed by atoms with E-state index in [1.54, 1.807) is 0 Å². The summed E-state index contributed by atoms with van der Waals surface area (Å²) >= 11 is 0. The molecule has 1 aromatic rings. The van der Waals surface area contributed by atoms with Crippen molar-refractivity contribution >= 4 is 5.91 Å². The molecule has 2 N–H and O–H groups in total. The number of rotatable bonds is 4. The molecule has 0 aromatic heterocycles. The molecule has 0 aliphatic heterocycles. The van der Waals surface area contributed by atoms with Gasteiger partial charge in [-0.05, 0) is 32.0 Å². The summed E-state index contributed by atoms with van der Waals surface area (Å²) in [6.07, 6.45) is 0. The van der Waals surface area contributed by atoms with Crippen LogP contribution in [0.15, 0.2) is 18.2 Å². The van der Waals surface area contributed by atoms with Gasteiger partial charge in [0.15, 0.2) is 0 Å². The van der Waals surface area contributed by atoms with E-state index in [0.29, 0.717) is 5.56 Å². The largest absolute Gasteiger partial charge is 0.384 e. The van der Waals surface area contributed by atoms with Gasteiger partial charge in [-0.15, -0.1) is 0 Å². The van der Waals surface area contributed by atoms with Crippen LogP contribution < -0.4 is 5.32 Å². The Bertz CT molecular complexity index is 544. The molecule has 1 rings (SSSR count). The predicted molar refractivity (Wildman–Crippen MR) is 73.8 cm³/mol. The molecule has 108 valence electrons. The molecule has 0 unspecified atom stereocenters. The van der Waals surface area contributed by atoms with E-state index in [0.717, 1.165) is 0 Å². The molecule has 1 amide bonds. The van der Waals surface area contributed by atoms with Gasteiger partial charge in [0.1, 0.15) is 12.4 Å². The van der Waals surface area contributed by atoms with Crippen LogP contribution in [0.3, 0.4) is 0 Å². The van der Waals surface area contributed by atoms with Gasteiger partial charge in [-0.25, -0.2) is 4.39 Å². The first-order valence-electron chi connectivity index (χ1n) is 6.12. The monoisotopic (exact) mass is 279 g/mol. The zero-order valence-corrected chi connectivity index (χ0v) is 11.8. The first-order valence-corrected chi connectivity index (χ1v) is 6.12. The highest BCUT2D eigenvalue weighted by molar-refractivity contribution is 5.94. The molecule has 1 aromatic carbocycles. The smallest absolute Gasteiger partial charge is 0.254 e. The van der Waals surface area contributed by atoms with Gasteiger partial charge >= 0.3 is 0 Å². The maximum Gasteiger partial charge on any atom is 0.254 e. The number of ether oxygens (including phenoxy) is 1. The van der Waals surface area contributed by atoms with Gasteiger partial charge in [-0.3, -0.25) is 4.79 Å². The summed E-state index contributed by atoms with van der Waals surface area (Å²) in [4.78, 5) is 11.9. The number of carbonyl (C=O) groups is 1. The van der Waals surface area contributed by atoms with Crippen LogP contribution in [-0.4, -0.2) is 36.9 Å². The number of hydrogen-bond acceptors (Lipinski definition) is 3. The van der Waals surface area contributed by atoms with Crippen molar-refractivity contribution < 1.29 is 19.0 Å². The number of nitrogens with one attached hydrogen (secondary N) is 1. The highest BCUT2D eigenvalue weighted by Crippen LogP contribution is 2.11. The number of benzene rings is 1. The summed E-state index contributed by atoms with van der Waals surface area (Å²) in [5.41, 5.74) is -0.140. The number of aliphatic hydroxyl groups excluding tert-OH is 1. The van der Waals surface area contributed by atoms with Crippen molar-refractivity contribution in [1.82, 2.24) is 5.32 Å². The van der Waals surface area contributed by atoms with E-state index in [1.807, 2.05) is 13.8 Å². The lowest BCUT2D eigenvalue weighted by molar-refractivity contribution is 0.0228. The molecule has 0 heterocycles. The Morgan fingerprint density at radius 1 is 1.50 bits per heavy atom. The summed E-state index contributed by atoms with van der Waals surface area (Å²) in [6, 6.07) is 3.98. The molecule has 20 heavy (non-hydrogen) atoms. The van der Waals surface area contributed by atoms with Gasteiger partial charge in [0.2, 0.25) is 0 Å². The normalized spacial score (nSPS) is 10.7. The van der Waals surface area contributed by atoms with E-state index in [4.69, 9.17) is 9.84 Å². The average molecular weight is 279 g/mol. The van der Waals surface area contributed by atoms with Crippen molar-refractivity contribution in [2.24, 2.45) is 0 Å². The molecule has 4 nitrogen and oxygen atoms in total. The van der Waals surface area contributed by atoms with Gasteiger partial charge in [-0.2, -0.15) is 0 Å². The second-order valence-corrected chi connectivity index (χ2v) is 4.80. The second-order valence-electron chi connectivity index (χ2n) is 4.80. The standard InChI is InChI=1S/C15H18FNO3/c1-15(2,20-3)10-17-14(19)12-9-11(5-4-8-18)6-7-13(12)16/h6-7,9,18H,8,10H2,1-3H3,(H,17,19). The molecular formula is C15H18FNO3. The Morgan fingerprint density at radius 2 is 2.20 bits per heavy atom. The van der Waals surface area contributed by atoms with Gasteiger partial charge < -0.3 is 15.2 Å². The number of hydrogen-bond donors (Lipinski definition) is 2. The fourth-order valence-electron chi connectivity index (χ4n) is 1.38. The van der Waals surface area contributed by atoms with Crippen molar-refractivity contribution in [1.29, 1.82) is 0 Å². The SMILES string of the molecule is COC(C)(C)CNC(=O)c1cc(C#CCO)ccc1F. The van der Waals surface area contributed by atoms with Crippen LogP contribution in [0.2, 0.25) is 0 Å². The van der Waals surface area contributed by atoms with E-state index >= 15 is 0 Å².